The third-order valence-corrected chi connectivity index (χ3v) is 3.06. The first-order valence-corrected chi connectivity index (χ1v) is 5.52. The third-order valence-electron chi connectivity index (χ3n) is 3.06. The molecule has 0 aromatic rings. The van der Waals surface area contributed by atoms with Gasteiger partial charge in [-0.25, -0.2) is 0 Å². The third kappa shape index (κ3) is 2.57. The number of hydrogen-bond donors (Lipinski definition) is 0. The standard InChI is InChI=1S/C13H21N/c1-5-6-12-7-8-13(4,11(2)3)9-10-14-12/h7-11H,5-6H2,1-4H3. The van der Waals surface area contributed by atoms with E-state index in [0.717, 1.165) is 12.8 Å². The molecule has 78 valence electrons. The van der Waals surface area contributed by atoms with E-state index in [4.69, 9.17) is 0 Å². The largest absolute Gasteiger partial charge is 0.262 e. The average Bonchev–Trinajstić information content (AvgIpc) is 2.30. The second-order valence-electron chi connectivity index (χ2n) is 4.54. The highest BCUT2D eigenvalue weighted by molar-refractivity contribution is 5.95. The van der Waals surface area contributed by atoms with Crippen molar-refractivity contribution < 1.29 is 0 Å². The Hall–Kier alpha value is -0.850. The predicted octanol–water partition coefficient (Wildman–Crippen LogP) is 3.97. The zero-order chi connectivity index (χ0) is 10.6. The van der Waals surface area contributed by atoms with Crippen molar-refractivity contribution in [3.8, 4) is 0 Å². The molecule has 0 aromatic carbocycles. The molecule has 0 N–H and O–H groups in total. The van der Waals surface area contributed by atoms with E-state index in [2.05, 4.69) is 50.9 Å². The molecule has 1 heterocycles. The first kappa shape index (κ1) is 11.2. The Labute approximate surface area is 87.6 Å². The Morgan fingerprint density at radius 1 is 1.36 bits per heavy atom. The molecule has 0 spiro atoms. The van der Waals surface area contributed by atoms with Gasteiger partial charge in [0.2, 0.25) is 0 Å². The van der Waals surface area contributed by atoms with Gasteiger partial charge in [-0.2, -0.15) is 0 Å². The minimum atomic E-state index is 0.166. The van der Waals surface area contributed by atoms with Crippen molar-refractivity contribution >= 4 is 5.71 Å². The van der Waals surface area contributed by atoms with Crippen molar-refractivity contribution in [1.82, 2.24) is 0 Å². The maximum atomic E-state index is 4.44. The normalized spacial score (nSPS) is 26.5. The predicted molar refractivity (Wildman–Crippen MR) is 63.6 cm³/mol. The van der Waals surface area contributed by atoms with Crippen LogP contribution in [0.3, 0.4) is 0 Å². The maximum Gasteiger partial charge on any atom is 0.0400 e. The zero-order valence-electron chi connectivity index (χ0n) is 9.75. The van der Waals surface area contributed by atoms with Crippen LogP contribution >= 0.6 is 0 Å². The molecule has 1 aliphatic heterocycles. The van der Waals surface area contributed by atoms with Crippen LogP contribution in [0.25, 0.3) is 0 Å². The molecule has 1 heteroatoms. The summed E-state index contributed by atoms with van der Waals surface area (Å²) in [5.41, 5.74) is 1.37. The first-order valence-electron chi connectivity index (χ1n) is 5.52. The quantitative estimate of drug-likeness (QED) is 0.640. The lowest BCUT2D eigenvalue weighted by molar-refractivity contribution is 0.383. The fraction of sp³-hybridized carbons (Fsp3) is 0.615. The second kappa shape index (κ2) is 4.59. The molecule has 1 aliphatic rings. The van der Waals surface area contributed by atoms with E-state index in [0.29, 0.717) is 5.92 Å². The van der Waals surface area contributed by atoms with Crippen LogP contribution < -0.4 is 0 Å². The SMILES string of the molecule is CCCC1=NC=CC(C)(C(C)C)C=C1. The monoisotopic (exact) mass is 191 g/mol. The summed E-state index contributed by atoms with van der Waals surface area (Å²) in [5, 5.41) is 0. The van der Waals surface area contributed by atoms with Gasteiger partial charge in [0.15, 0.2) is 0 Å². The molecule has 1 nitrogen and oxygen atoms in total. The Bertz CT molecular complexity index is 271. The molecule has 1 unspecified atom stereocenters. The highest BCUT2D eigenvalue weighted by atomic mass is 14.7. The van der Waals surface area contributed by atoms with Gasteiger partial charge < -0.3 is 0 Å². The summed E-state index contributed by atoms with van der Waals surface area (Å²) in [4.78, 5) is 4.44. The van der Waals surface area contributed by atoms with Crippen molar-refractivity contribution in [2.45, 2.75) is 40.5 Å². The van der Waals surface area contributed by atoms with Crippen molar-refractivity contribution in [2.75, 3.05) is 0 Å². The molecule has 0 radical (unpaired) electrons. The Morgan fingerprint density at radius 3 is 2.64 bits per heavy atom. The molecule has 1 rings (SSSR count). The van der Waals surface area contributed by atoms with Gasteiger partial charge in [0, 0.05) is 17.3 Å². The topological polar surface area (TPSA) is 12.4 Å². The molecule has 1 atom stereocenters. The highest BCUT2D eigenvalue weighted by Gasteiger charge is 2.22. The lowest BCUT2D eigenvalue weighted by Gasteiger charge is -2.25. The molecular weight excluding hydrogens is 170 g/mol. The fourth-order valence-electron chi connectivity index (χ4n) is 1.46. The smallest absolute Gasteiger partial charge is 0.0400 e. The second-order valence-corrected chi connectivity index (χ2v) is 4.54. The van der Waals surface area contributed by atoms with Crippen LogP contribution in [0.1, 0.15) is 40.5 Å². The maximum absolute atomic E-state index is 4.44. The number of nitrogens with zero attached hydrogens (tertiary/aromatic N) is 1. The van der Waals surface area contributed by atoms with Crippen LogP contribution in [-0.2, 0) is 0 Å². The van der Waals surface area contributed by atoms with Gasteiger partial charge in [0.25, 0.3) is 0 Å². The molecule has 14 heavy (non-hydrogen) atoms. The van der Waals surface area contributed by atoms with Gasteiger partial charge in [0.1, 0.15) is 0 Å². The van der Waals surface area contributed by atoms with Crippen LogP contribution in [0.15, 0.2) is 29.4 Å². The van der Waals surface area contributed by atoms with Crippen LogP contribution in [0.5, 0.6) is 0 Å². The van der Waals surface area contributed by atoms with Crippen LogP contribution in [-0.4, -0.2) is 5.71 Å². The van der Waals surface area contributed by atoms with Crippen LogP contribution in [0.2, 0.25) is 0 Å². The summed E-state index contributed by atoms with van der Waals surface area (Å²) in [5.74, 6) is 0.617. The van der Waals surface area contributed by atoms with E-state index < -0.39 is 0 Å². The van der Waals surface area contributed by atoms with Gasteiger partial charge in [-0.3, -0.25) is 4.99 Å². The van der Waals surface area contributed by atoms with Gasteiger partial charge in [-0.1, -0.05) is 46.3 Å². The fourth-order valence-corrected chi connectivity index (χ4v) is 1.46. The van der Waals surface area contributed by atoms with E-state index in [1.807, 2.05) is 6.20 Å². The molecule has 0 aliphatic carbocycles. The lowest BCUT2D eigenvalue weighted by Crippen LogP contribution is -2.17. The number of hydrogen-bond acceptors (Lipinski definition) is 1. The van der Waals surface area contributed by atoms with Gasteiger partial charge in [-0.15, -0.1) is 0 Å². The molecule has 0 aromatic heterocycles. The summed E-state index contributed by atoms with van der Waals surface area (Å²) in [6.45, 7) is 8.95. The first-order chi connectivity index (χ1) is 6.58. The minimum Gasteiger partial charge on any atom is -0.262 e. The van der Waals surface area contributed by atoms with Crippen molar-refractivity contribution in [3.63, 3.8) is 0 Å². The Balaban J connectivity index is 2.81. The Kier molecular flexibility index (Phi) is 3.68. The zero-order valence-corrected chi connectivity index (χ0v) is 9.75. The molecule has 0 bridgehead atoms. The number of allylic oxidation sites excluding steroid dienone is 3. The van der Waals surface area contributed by atoms with Gasteiger partial charge in [0.05, 0.1) is 0 Å². The minimum absolute atomic E-state index is 0.166. The summed E-state index contributed by atoms with van der Waals surface area (Å²) < 4.78 is 0. The summed E-state index contributed by atoms with van der Waals surface area (Å²) in [6, 6.07) is 0. The van der Waals surface area contributed by atoms with Gasteiger partial charge >= 0.3 is 0 Å². The molecule has 0 amide bonds. The van der Waals surface area contributed by atoms with E-state index in [-0.39, 0.29) is 5.41 Å². The van der Waals surface area contributed by atoms with Crippen molar-refractivity contribution in [3.05, 3.63) is 24.4 Å². The lowest BCUT2D eigenvalue weighted by atomic mass is 9.79. The average molecular weight is 191 g/mol. The van der Waals surface area contributed by atoms with Gasteiger partial charge in [-0.05, 0) is 18.4 Å². The molecule has 0 fully saturated rings. The van der Waals surface area contributed by atoms with E-state index in [1.54, 1.807) is 0 Å². The van der Waals surface area contributed by atoms with Crippen molar-refractivity contribution in [1.29, 1.82) is 0 Å². The highest BCUT2D eigenvalue weighted by Crippen LogP contribution is 2.31. The summed E-state index contributed by atoms with van der Waals surface area (Å²) >= 11 is 0. The van der Waals surface area contributed by atoms with Crippen LogP contribution in [0, 0.1) is 11.3 Å². The number of aliphatic imine (C=N–C) groups is 1. The van der Waals surface area contributed by atoms with Crippen molar-refractivity contribution in [2.24, 2.45) is 16.3 Å². The summed E-state index contributed by atoms with van der Waals surface area (Å²) in [7, 11) is 0. The molecular formula is C13H21N. The van der Waals surface area contributed by atoms with E-state index in [9.17, 15) is 0 Å². The molecule has 0 saturated heterocycles. The molecule has 0 saturated carbocycles. The Morgan fingerprint density at radius 2 is 2.07 bits per heavy atom. The van der Waals surface area contributed by atoms with E-state index in [1.165, 1.54) is 5.71 Å². The summed E-state index contributed by atoms with van der Waals surface area (Å²) in [6.07, 6.45) is 10.9. The number of rotatable bonds is 3. The van der Waals surface area contributed by atoms with Crippen LogP contribution in [0.4, 0.5) is 0 Å². The van der Waals surface area contributed by atoms with E-state index >= 15 is 0 Å².